The Labute approximate surface area is 144 Å². The smallest absolute Gasteiger partial charge is 0.267 e. The molecule has 0 saturated heterocycles. The van der Waals surface area contributed by atoms with Gasteiger partial charge in [-0.2, -0.15) is 10.2 Å². The van der Waals surface area contributed by atoms with E-state index in [1.807, 2.05) is 6.07 Å². The van der Waals surface area contributed by atoms with E-state index in [-0.39, 0.29) is 11.3 Å². The fraction of sp³-hybridized carbons (Fsp3) is 0.167. The average molecular weight is 335 g/mol. The van der Waals surface area contributed by atoms with Gasteiger partial charge < -0.3 is 0 Å². The highest BCUT2D eigenvalue weighted by Gasteiger charge is 2.15. The number of benzene rings is 1. The van der Waals surface area contributed by atoms with Crippen LogP contribution in [0.3, 0.4) is 0 Å². The van der Waals surface area contributed by atoms with Crippen molar-refractivity contribution in [2.45, 2.75) is 20.4 Å². The van der Waals surface area contributed by atoms with E-state index in [9.17, 15) is 9.59 Å². The first-order chi connectivity index (χ1) is 12.1. The Morgan fingerprint density at radius 1 is 1.20 bits per heavy atom. The number of hydrogen-bond acceptors (Lipinski definition) is 5. The number of hydrazone groups is 1. The van der Waals surface area contributed by atoms with Crippen molar-refractivity contribution < 1.29 is 4.79 Å². The van der Waals surface area contributed by atoms with Gasteiger partial charge >= 0.3 is 0 Å². The van der Waals surface area contributed by atoms with Crippen LogP contribution in [0.25, 0.3) is 10.8 Å². The van der Waals surface area contributed by atoms with Crippen LogP contribution in [0.15, 0.2) is 58.7 Å². The maximum absolute atomic E-state index is 12.6. The van der Waals surface area contributed by atoms with Crippen molar-refractivity contribution in [3.8, 4) is 0 Å². The van der Waals surface area contributed by atoms with Gasteiger partial charge in [0.15, 0.2) is 5.69 Å². The first kappa shape index (κ1) is 16.5. The quantitative estimate of drug-likeness (QED) is 0.583. The molecule has 7 nitrogen and oxygen atoms in total. The van der Waals surface area contributed by atoms with Crippen LogP contribution >= 0.6 is 0 Å². The second-order valence-corrected chi connectivity index (χ2v) is 5.39. The number of aryl methyl sites for hydroxylation is 1. The molecule has 2 heterocycles. The monoisotopic (exact) mass is 335 g/mol. The molecule has 126 valence electrons. The molecule has 0 aliphatic carbocycles. The molecule has 0 fully saturated rings. The fourth-order valence-electron chi connectivity index (χ4n) is 2.45. The van der Waals surface area contributed by atoms with Crippen molar-refractivity contribution >= 4 is 22.4 Å². The van der Waals surface area contributed by atoms with E-state index in [0.29, 0.717) is 23.0 Å². The molecule has 0 saturated carbocycles. The molecular weight excluding hydrogens is 318 g/mol. The lowest BCUT2D eigenvalue weighted by Crippen LogP contribution is -2.28. The van der Waals surface area contributed by atoms with Crippen molar-refractivity contribution in [2.24, 2.45) is 5.10 Å². The lowest BCUT2D eigenvalue weighted by atomic mass is 10.1. The number of carbonyl (C=O) groups is 1. The fourth-order valence-corrected chi connectivity index (χ4v) is 2.45. The number of aromatic nitrogens is 3. The summed E-state index contributed by atoms with van der Waals surface area (Å²) in [6.45, 7) is 3.95. The van der Waals surface area contributed by atoms with Crippen LogP contribution in [0.2, 0.25) is 0 Å². The highest BCUT2D eigenvalue weighted by Crippen LogP contribution is 2.13. The van der Waals surface area contributed by atoms with E-state index in [4.69, 9.17) is 0 Å². The Morgan fingerprint density at radius 2 is 1.96 bits per heavy atom. The van der Waals surface area contributed by atoms with Gasteiger partial charge in [0.05, 0.1) is 11.1 Å². The van der Waals surface area contributed by atoms with E-state index >= 15 is 0 Å². The molecule has 0 aliphatic heterocycles. The molecule has 0 spiro atoms. The van der Waals surface area contributed by atoms with Crippen molar-refractivity contribution in [3.63, 3.8) is 0 Å². The predicted molar refractivity (Wildman–Crippen MR) is 95.6 cm³/mol. The summed E-state index contributed by atoms with van der Waals surface area (Å²) in [6.07, 6.45) is 3.33. The van der Waals surface area contributed by atoms with Gasteiger partial charge in [0.25, 0.3) is 11.5 Å². The molecule has 1 amide bonds. The standard InChI is InChI=1S/C18H17N5O2/c1-3-23-18(25)15-9-5-4-8-14(15)16(22-23)17(24)21-20-12(2)13-7-6-10-19-11-13/h4-11H,3H2,1-2H3,(H,21,24)/b20-12+. The number of carbonyl (C=O) groups excluding carboxylic acids is 1. The summed E-state index contributed by atoms with van der Waals surface area (Å²) in [5, 5.41) is 9.24. The average Bonchev–Trinajstić information content (AvgIpc) is 2.67. The second kappa shape index (κ2) is 7.04. The minimum Gasteiger partial charge on any atom is -0.267 e. The lowest BCUT2D eigenvalue weighted by molar-refractivity contribution is 0.0949. The number of hydrogen-bond donors (Lipinski definition) is 1. The van der Waals surface area contributed by atoms with E-state index in [1.54, 1.807) is 56.6 Å². The van der Waals surface area contributed by atoms with Gasteiger partial charge in [0, 0.05) is 29.9 Å². The van der Waals surface area contributed by atoms with E-state index in [1.165, 1.54) is 4.68 Å². The van der Waals surface area contributed by atoms with Crippen LogP contribution in [0.5, 0.6) is 0 Å². The van der Waals surface area contributed by atoms with E-state index in [0.717, 1.165) is 5.56 Å². The Balaban J connectivity index is 1.98. The molecule has 25 heavy (non-hydrogen) atoms. The van der Waals surface area contributed by atoms with Gasteiger partial charge in [-0.3, -0.25) is 14.6 Å². The largest absolute Gasteiger partial charge is 0.292 e. The topological polar surface area (TPSA) is 89.2 Å². The molecule has 0 aliphatic rings. The number of fused-ring (bicyclic) bond motifs is 1. The van der Waals surface area contributed by atoms with Crippen LogP contribution in [-0.4, -0.2) is 26.4 Å². The molecular formula is C18H17N5O2. The van der Waals surface area contributed by atoms with E-state index < -0.39 is 5.91 Å². The third kappa shape index (κ3) is 3.30. The molecule has 0 atom stereocenters. The molecule has 0 radical (unpaired) electrons. The number of nitrogens with zero attached hydrogens (tertiary/aromatic N) is 4. The van der Waals surface area contributed by atoms with Crippen LogP contribution in [0, 0.1) is 0 Å². The minimum absolute atomic E-state index is 0.166. The zero-order chi connectivity index (χ0) is 17.8. The number of pyridine rings is 1. The number of amides is 1. The van der Waals surface area contributed by atoms with Crippen LogP contribution in [-0.2, 0) is 6.54 Å². The van der Waals surface area contributed by atoms with Crippen molar-refractivity contribution in [3.05, 3.63) is 70.4 Å². The van der Waals surface area contributed by atoms with Crippen molar-refractivity contribution in [1.82, 2.24) is 20.2 Å². The van der Waals surface area contributed by atoms with Gasteiger partial charge in [0.2, 0.25) is 0 Å². The molecule has 1 N–H and O–H groups in total. The summed E-state index contributed by atoms with van der Waals surface area (Å²) < 4.78 is 1.27. The molecule has 0 bridgehead atoms. The van der Waals surface area contributed by atoms with Crippen molar-refractivity contribution in [2.75, 3.05) is 0 Å². The summed E-state index contributed by atoms with van der Waals surface area (Å²) in [5.41, 5.74) is 3.88. The third-order valence-corrected chi connectivity index (χ3v) is 3.79. The Kier molecular flexibility index (Phi) is 4.65. The zero-order valence-electron chi connectivity index (χ0n) is 13.9. The zero-order valence-corrected chi connectivity index (χ0v) is 13.9. The molecule has 2 aromatic heterocycles. The number of rotatable bonds is 4. The van der Waals surface area contributed by atoms with Gasteiger partial charge in [0.1, 0.15) is 0 Å². The van der Waals surface area contributed by atoms with Crippen LogP contribution in [0.4, 0.5) is 0 Å². The van der Waals surface area contributed by atoms with Crippen LogP contribution in [0.1, 0.15) is 29.9 Å². The SMILES string of the molecule is CCn1nc(C(=O)N/N=C(\C)c2cccnc2)c2ccccc2c1=O. The molecule has 1 aromatic carbocycles. The summed E-state index contributed by atoms with van der Waals surface area (Å²) in [4.78, 5) is 28.9. The summed E-state index contributed by atoms with van der Waals surface area (Å²) in [5.74, 6) is -0.471. The molecule has 7 heteroatoms. The maximum atomic E-state index is 12.6. The highest BCUT2D eigenvalue weighted by molar-refractivity contribution is 6.06. The minimum atomic E-state index is -0.471. The Bertz CT molecular complexity index is 1010. The molecule has 3 aromatic rings. The number of nitrogens with one attached hydrogen (secondary N) is 1. The molecule has 0 unspecified atom stereocenters. The van der Waals surface area contributed by atoms with Gasteiger partial charge in [-0.15, -0.1) is 0 Å². The summed E-state index contributed by atoms with van der Waals surface area (Å²) >= 11 is 0. The highest BCUT2D eigenvalue weighted by atomic mass is 16.2. The summed E-state index contributed by atoms with van der Waals surface area (Å²) in [7, 11) is 0. The Hall–Kier alpha value is -3.35. The normalized spacial score (nSPS) is 11.5. The Morgan fingerprint density at radius 3 is 2.64 bits per heavy atom. The van der Waals surface area contributed by atoms with Gasteiger partial charge in [-0.05, 0) is 26.0 Å². The summed E-state index contributed by atoms with van der Waals surface area (Å²) in [6, 6.07) is 10.6. The second-order valence-electron chi connectivity index (χ2n) is 5.39. The van der Waals surface area contributed by atoms with Crippen LogP contribution < -0.4 is 11.0 Å². The van der Waals surface area contributed by atoms with Gasteiger partial charge in [-0.25, -0.2) is 10.1 Å². The predicted octanol–water partition coefficient (Wildman–Crippen LogP) is 1.97. The van der Waals surface area contributed by atoms with Crippen molar-refractivity contribution in [1.29, 1.82) is 0 Å². The third-order valence-electron chi connectivity index (χ3n) is 3.79. The first-order valence-corrected chi connectivity index (χ1v) is 7.86. The van der Waals surface area contributed by atoms with Gasteiger partial charge in [-0.1, -0.05) is 24.3 Å². The van der Waals surface area contributed by atoms with E-state index in [2.05, 4.69) is 20.6 Å². The maximum Gasteiger partial charge on any atom is 0.292 e. The molecule has 3 rings (SSSR count). The lowest BCUT2D eigenvalue weighted by Gasteiger charge is -2.08. The first-order valence-electron chi connectivity index (χ1n) is 7.86.